The highest BCUT2D eigenvalue weighted by molar-refractivity contribution is 5.86. The van der Waals surface area contributed by atoms with Gasteiger partial charge in [0, 0.05) is 18.2 Å². The summed E-state index contributed by atoms with van der Waals surface area (Å²) in [6.07, 6.45) is 0. The zero-order chi connectivity index (χ0) is 13.9. The maximum atomic E-state index is 11.7. The SMILES string of the molecule is CNCc1cc(=O)[nH]c(-c2ccc3ccccc3c2)n1. The van der Waals surface area contributed by atoms with Crippen molar-refractivity contribution in [2.45, 2.75) is 6.54 Å². The molecule has 2 N–H and O–H groups in total. The molecule has 0 fully saturated rings. The smallest absolute Gasteiger partial charge is 0.251 e. The van der Waals surface area contributed by atoms with E-state index in [0.717, 1.165) is 16.6 Å². The van der Waals surface area contributed by atoms with E-state index in [-0.39, 0.29) is 5.56 Å². The second kappa shape index (κ2) is 5.27. The zero-order valence-electron chi connectivity index (χ0n) is 11.2. The molecule has 3 rings (SSSR count). The Labute approximate surface area is 116 Å². The summed E-state index contributed by atoms with van der Waals surface area (Å²) in [6.45, 7) is 0.574. The van der Waals surface area contributed by atoms with E-state index >= 15 is 0 Å². The number of nitrogens with one attached hydrogen (secondary N) is 2. The monoisotopic (exact) mass is 265 g/mol. The molecule has 100 valence electrons. The van der Waals surface area contributed by atoms with Crippen LogP contribution in [0.15, 0.2) is 53.3 Å². The highest BCUT2D eigenvalue weighted by Crippen LogP contribution is 2.21. The predicted molar refractivity (Wildman–Crippen MR) is 80.6 cm³/mol. The molecule has 0 saturated carbocycles. The van der Waals surface area contributed by atoms with Crippen LogP contribution in [0.3, 0.4) is 0 Å². The van der Waals surface area contributed by atoms with E-state index in [9.17, 15) is 4.79 Å². The minimum atomic E-state index is -0.131. The van der Waals surface area contributed by atoms with Crippen LogP contribution in [0.4, 0.5) is 0 Å². The number of hydrogen-bond donors (Lipinski definition) is 2. The fourth-order valence-electron chi connectivity index (χ4n) is 2.25. The summed E-state index contributed by atoms with van der Waals surface area (Å²) in [4.78, 5) is 19.0. The second-order valence-electron chi connectivity index (χ2n) is 4.68. The molecule has 0 radical (unpaired) electrons. The summed E-state index contributed by atoms with van der Waals surface area (Å²) in [7, 11) is 1.83. The number of nitrogens with zero attached hydrogens (tertiary/aromatic N) is 1. The lowest BCUT2D eigenvalue weighted by atomic mass is 10.1. The molecule has 0 aliphatic rings. The topological polar surface area (TPSA) is 57.8 Å². The maximum Gasteiger partial charge on any atom is 0.251 e. The molecule has 0 saturated heterocycles. The van der Waals surface area contributed by atoms with Crippen LogP contribution in [0, 0.1) is 0 Å². The third-order valence-corrected chi connectivity index (χ3v) is 3.18. The van der Waals surface area contributed by atoms with Gasteiger partial charge in [0.05, 0.1) is 5.69 Å². The largest absolute Gasteiger partial charge is 0.314 e. The van der Waals surface area contributed by atoms with Crippen molar-refractivity contribution in [3.05, 3.63) is 64.6 Å². The Morgan fingerprint density at radius 2 is 1.90 bits per heavy atom. The van der Waals surface area contributed by atoms with Gasteiger partial charge in [-0.2, -0.15) is 0 Å². The first-order valence-corrected chi connectivity index (χ1v) is 6.50. The minimum Gasteiger partial charge on any atom is -0.314 e. The van der Waals surface area contributed by atoms with E-state index in [1.807, 2.05) is 43.4 Å². The Morgan fingerprint density at radius 3 is 2.70 bits per heavy atom. The standard InChI is InChI=1S/C16H15N3O/c1-17-10-14-9-15(20)19-16(18-14)13-7-6-11-4-2-3-5-12(11)8-13/h2-9,17H,10H2,1H3,(H,18,19,20). The van der Waals surface area contributed by atoms with Gasteiger partial charge in [0.2, 0.25) is 0 Å². The van der Waals surface area contributed by atoms with E-state index in [2.05, 4.69) is 21.4 Å². The average Bonchev–Trinajstić information content (AvgIpc) is 2.46. The molecular formula is C16H15N3O. The van der Waals surface area contributed by atoms with Crippen molar-refractivity contribution in [1.29, 1.82) is 0 Å². The molecule has 2 aromatic carbocycles. The molecule has 20 heavy (non-hydrogen) atoms. The average molecular weight is 265 g/mol. The molecule has 0 atom stereocenters. The third kappa shape index (κ3) is 2.46. The van der Waals surface area contributed by atoms with Gasteiger partial charge in [0.1, 0.15) is 5.82 Å². The summed E-state index contributed by atoms with van der Waals surface area (Å²) < 4.78 is 0. The minimum absolute atomic E-state index is 0.131. The lowest BCUT2D eigenvalue weighted by Gasteiger charge is -2.05. The van der Waals surface area contributed by atoms with E-state index in [4.69, 9.17) is 0 Å². The second-order valence-corrected chi connectivity index (χ2v) is 4.68. The summed E-state index contributed by atoms with van der Waals surface area (Å²) in [5.74, 6) is 0.605. The molecule has 0 spiro atoms. The molecule has 3 aromatic rings. The van der Waals surface area contributed by atoms with Gasteiger partial charge in [-0.3, -0.25) is 4.79 Å². The normalized spacial score (nSPS) is 10.8. The van der Waals surface area contributed by atoms with Gasteiger partial charge in [-0.05, 0) is 23.9 Å². The Bertz CT molecular complexity index is 808. The van der Waals surface area contributed by atoms with Crippen molar-refractivity contribution in [3.8, 4) is 11.4 Å². The Balaban J connectivity index is 2.12. The first-order valence-electron chi connectivity index (χ1n) is 6.50. The van der Waals surface area contributed by atoms with Crippen molar-refractivity contribution in [2.24, 2.45) is 0 Å². The fraction of sp³-hybridized carbons (Fsp3) is 0.125. The van der Waals surface area contributed by atoms with Crippen molar-refractivity contribution in [1.82, 2.24) is 15.3 Å². The molecule has 0 unspecified atom stereocenters. The number of aromatic nitrogens is 2. The lowest BCUT2D eigenvalue weighted by molar-refractivity contribution is 0.785. The van der Waals surface area contributed by atoms with Crippen LogP contribution < -0.4 is 10.9 Å². The van der Waals surface area contributed by atoms with E-state index in [0.29, 0.717) is 12.4 Å². The molecular weight excluding hydrogens is 250 g/mol. The first-order chi connectivity index (χ1) is 9.76. The van der Waals surface area contributed by atoms with Gasteiger partial charge in [-0.15, -0.1) is 0 Å². The Hall–Kier alpha value is -2.46. The molecule has 0 amide bonds. The molecule has 4 heteroatoms. The van der Waals surface area contributed by atoms with Crippen molar-refractivity contribution < 1.29 is 0 Å². The summed E-state index contributed by atoms with van der Waals surface area (Å²) in [5.41, 5.74) is 1.52. The van der Waals surface area contributed by atoms with Crippen LogP contribution in [0.2, 0.25) is 0 Å². The zero-order valence-corrected chi connectivity index (χ0v) is 11.2. The molecule has 0 aliphatic carbocycles. The van der Waals surface area contributed by atoms with Crippen LogP contribution in [0.25, 0.3) is 22.2 Å². The number of aromatic amines is 1. The van der Waals surface area contributed by atoms with Crippen molar-refractivity contribution >= 4 is 10.8 Å². The number of benzene rings is 2. The van der Waals surface area contributed by atoms with Gasteiger partial charge in [0.15, 0.2) is 0 Å². The van der Waals surface area contributed by atoms with Crippen LogP contribution >= 0.6 is 0 Å². The molecule has 0 bridgehead atoms. The van der Waals surface area contributed by atoms with Crippen LogP contribution in [0.5, 0.6) is 0 Å². The third-order valence-electron chi connectivity index (χ3n) is 3.18. The molecule has 4 nitrogen and oxygen atoms in total. The summed E-state index contributed by atoms with van der Waals surface area (Å²) in [5, 5.41) is 5.31. The Morgan fingerprint density at radius 1 is 1.10 bits per heavy atom. The quantitative estimate of drug-likeness (QED) is 0.764. The number of hydrogen-bond acceptors (Lipinski definition) is 3. The van der Waals surface area contributed by atoms with Gasteiger partial charge in [-0.25, -0.2) is 4.98 Å². The first kappa shape index (κ1) is 12.6. The van der Waals surface area contributed by atoms with Crippen molar-refractivity contribution in [2.75, 3.05) is 7.05 Å². The van der Waals surface area contributed by atoms with Gasteiger partial charge in [-0.1, -0.05) is 36.4 Å². The van der Waals surface area contributed by atoms with Crippen LogP contribution in [-0.4, -0.2) is 17.0 Å². The predicted octanol–water partition coefficient (Wildman–Crippen LogP) is 2.31. The Kier molecular flexibility index (Phi) is 3.31. The van der Waals surface area contributed by atoms with Gasteiger partial charge < -0.3 is 10.3 Å². The van der Waals surface area contributed by atoms with E-state index in [1.165, 1.54) is 11.5 Å². The van der Waals surface area contributed by atoms with E-state index < -0.39 is 0 Å². The van der Waals surface area contributed by atoms with E-state index in [1.54, 1.807) is 0 Å². The molecule has 1 aromatic heterocycles. The van der Waals surface area contributed by atoms with Gasteiger partial charge >= 0.3 is 0 Å². The number of fused-ring (bicyclic) bond motifs is 1. The maximum absolute atomic E-state index is 11.7. The summed E-state index contributed by atoms with van der Waals surface area (Å²) >= 11 is 0. The fourth-order valence-corrected chi connectivity index (χ4v) is 2.25. The van der Waals surface area contributed by atoms with Crippen LogP contribution in [-0.2, 0) is 6.54 Å². The highest BCUT2D eigenvalue weighted by Gasteiger charge is 2.04. The lowest BCUT2D eigenvalue weighted by Crippen LogP contribution is -2.14. The molecule has 0 aliphatic heterocycles. The summed E-state index contributed by atoms with van der Waals surface area (Å²) in [6, 6.07) is 15.7. The number of rotatable bonds is 3. The number of H-pyrrole nitrogens is 1. The van der Waals surface area contributed by atoms with Crippen molar-refractivity contribution in [3.63, 3.8) is 0 Å². The molecule has 1 heterocycles. The van der Waals surface area contributed by atoms with Crippen LogP contribution in [0.1, 0.15) is 5.69 Å². The van der Waals surface area contributed by atoms with Gasteiger partial charge in [0.25, 0.3) is 5.56 Å². The highest BCUT2D eigenvalue weighted by atomic mass is 16.1.